The molecule has 1 amide bonds. The van der Waals surface area contributed by atoms with Crippen LogP contribution in [0.3, 0.4) is 0 Å². The molecule has 128 valence electrons. The molecule has 25 heavy (non-hydrogen) atoms. The lowest BCUT2D eigenvalue weighted by atomic mass is 10.2. The summed E-state index contributed by atoms with van der Waals surface area (Å²) in [4.78, 5) is 19.5. The van der Waals surface area contributed by atoms with Crippen molar-refractivity contribution in [2.24, 2.45) is 0 Å². The van der Waals surface area contributed by atoms with Crippen LogP contribution in [0, 0.1) is 6.92 Å². The smallest absolute Gasteiger partial charge is 0.219 e. The van der Waals surface area contributed by atoms with Crippen molar-refractivity contribution in [1.82, 2.24) is 15.3 Å². The predicted octanol–water partition coefficient (Wildman–Crippen LogP) is 3.86. The number of ether oxygens (including phenoxy) is 1. The Bertz CT molecular complexity index is 913. The first-order chi connectivity index (χ1) is 12.0. The van der Waals surface area contributed by atoms with E-state index in [1.54, 1.807) is 25.3 Å². The molecule has 0 aliphatic heterocycles. The first-order valence-corrected chi connectivity index (χ1v) is 7.96. The van der Waals surface area contributed by atoms with Gasteiger partial charge in [-0.25, -0.2) is 9.97 Å². The minimum Gasteiger partial charge on any atom is -0.441 e. The lowest BCUT2D eigenvalue weighted by Gasteiger charge is -2.07. The molecule has 0 saturated heterocycles. The second kappa shape index (κ2) is 7.17. The number of hydrogen-bond donors (Lipinski definition) is 1. The van der Waals surface area contributed by atoms with Gasteiger partial charge in [0.2, 0.25) is 11.8 Å². The predicted molar refractivity (Wildman–Crippen MR) is 95.4 cm³/mol. The number of aryl methyl sites for hydroxylation is 1. The number of amides is 1. The van der Waals surface area contributed by atoms with Gasteiger partial charge in [0.1, 0.15) is 11.3 Å². The lowest BCUT2D eigenvalue weighted by molar-refractivity contribution is -0.119. The van der Waals surface area contributed by atoms with Crippen molar-refractivity contribution in [2.45, 2.75) is 26.8 Å². The van der Waals surface area contributed by atoms with Crippen LogP contribution in [0.25, 0.3) is 17.2 Å². The minimum absolute atomic E-state index is 0.0366. The van der Waals surface area contributed by atoms with E-state index in [1.807, 2.05) is 37.3 Å². The van der Waals surface area contributed by atoms with Crippen LogP contribution >= 0.6 is 0 Å². The van der Waals surface area contributed by atoms with Gasteiger partial charge in [-0.15, -0.1) is 0 Å². The average Bonchev–Trinajstić information content (AvgIpc) is 2.93. The van der Waals surface area contributed by atoms with Gasteiger partial charge >= 0.3 is 0 Å². The topological polar surface area (TPSA) is 77.2 Å². The van der Waals surface area contributed by atoms with Gasteiger partial charge in [-0.05, 0) is 30.7 Å². The van der Waals surface area contributed by atoms with Gasteiger partial charge in [0, 0.05) is 38.2 Å². The van der Waals surface area contributed by atoms with Gasteiger partial charge in [0.05, 0.1) is 0 Å². The molecule has 2 heterocycles. The third-order valence-corrected chi connectivity index (χ3v) is 3.46. The Kier molecular flexibility index (Phi) is 4.79. The van der Waals surface area contributed by atoms with Crippen molar-refractivity contribution in [3.8, 4) is 11.6 Å². The standard InChI is InChI=1S/C19H19N3O3/c1-12(21-13(2)23)4-5-15-6-9-19(20-11-15)25-16-7-8-17-18(10-16)24-14(3)22-17/h4-12H,1-3H3,(H,21,23)/b5-4+/t12-/m0/s1. The maximum atomic E-state index is 11.0. The zero-order chi connectivity index (χ0) is 17.8. The van der Waals surface area contributed by atoms with E-state index < -0.39 is 0 Å². The van der Waals surface area contributed by atoms with Crippen molar-refractivity contribution in [3.05, 3.63) is 54.1 Å². The molecule has 0 fully saturated rings. The monoisotopic (exact) mass is 337 g/mol. The van der Waals surface area contributed by atoms with Crippen molar-refractivity contribution in [1.29, 1.82) is 0 Å². The Morgan fingerprint density at radius 3 is 2.88 bits per heavy atom. The highest BCUT2D eigenvalue weighted by atomic mass is 16.5. The van der Waals surface area contributed by atoms with Crippen molar-refractivity contribution in [3.63, 3.8) is 0 Å². The Hall–Kier alpha value is -3.15. The number of oxazole rings is 1. The van der Waals surface area contributed by atoms with Crippen LogP contribution in [0.1, 0.15) is 25.3 Å². The zero-order valence-corrected chi connectivity index (χ0v) is 14.3. The number of rotatable bonds is 5. The Morgan fingerprint density at radius 2 is 2.16 bits per heavy atom. The fourth-order valence-electron chi connectivity index (χ4n) is 2.38. The number of nitrogens with zero attached hydrogens (tertiary/aromatic N) is 2. The average molecular weight is 337 g/mol. The van der Waals surface area contributed by atoms with E-state index in [2.05, 4.69) is 15.3 Å². The SMILES string of the molecule is CC(=O)N[C@@H](C)/C=C/c1ccc(Oc2ccc3nc(C)oc3c2)nc1. The summed E-state index contributed by atoms with van der Waals surface area (Å²) in [6.45, 7) is 5.21. The summed E-state index contributed by atoms with van der Waals surface area (Å²) in [6, 6.07) is 9.12. The normalized spacial score (nSPS) is 12.4. The summed E-state index contributed by atoms with van der Waals surface area (Å²) in [5.74, 6) is 1.69. The van der Waals surface area contributed by atoms with E-state index in [0.29, 0.717) is 23.1 Å². The fourth-order valence-corrected chi connectivity index (χ4v) is 2.38. The highest BCUT2D eigenvalue weighted by molar-refractivity contribution is 5.74. The number of hydrogen-bond acceptors (Lipinski definition) is 5. The maximum Gasteiger partial charge on any atom is 0.219 e. The number of pyridine rings is 1. The molecule has 2 aromatic heterocycles. The van der Waals surface area contributed by atoms with E-state index >= 15 is 0 Å². The summed E-state index contributed by atoms with van der Waals surface area (Å²) in [5.41, 5.74) is 2.40. The van der Waals surface area contributed by atoms with Gasteiger partial charge in [-0.2, -0.15) is 0 Å². The van der Waals surface area contributed by atoms with Gasteiger partial charge < -0.3 is 14.5 Å². The van der Waals surface area contributed by atoms with Crippen LogP contribution in [0.4, 0.5) is 0 Å². The molecule has 3 rings (SSSR count). The molecular formula is C19H19N3O3. The summed E-state index contributed by atoms with van der Waals surface area (Å²) in [7, 11) is 0. The molecule has 6 nitrogen and oxygen atoms in total. The molecule has 1 N–H and O–H groups in total. The van der Waals surface area contributed by atoms with E-state index in [4.69, 9.17) is 9.15 Å². The summed E-state index contributed by atoms with van der Waals surface area (Å²) in [6.07, 6.45) is 5.52. The molecule has 6 heteroatoms. The second-order valence-corrected chi connectivity index (χ2v) is 5.74. The van der Waals surface area contributed by atoms with Gasteiger partial charge in [0.25, 0.3) is 0 Å². The molecule has 1 atom stereocenters. The number of nitrogens with one attached hydrogen (secondary N) is 1. The molecular weight excluding hydrogens is 318 g/mol. The highest BCUT2D eigenvalue weighted by Crippen LogP contribution is 2.25. The highest BCUT2D eigenvalue weighted by Gasteiger charge is 2.05. The molecule has 0 unspecified atom stereocenters. The largest absolute Gasteiger partial charge is 0.441 e. The van der Waals surface area contributed by atoms with Gasteiger partial charge in [0.15, 0.2) is 11.5 Å². The zero-order valence-electron chi connectivity index (χ0n) is 14.3. The molecule has 0 radical (unpaired) electrons. The van der Waals surface area contributed by atoms with E-state index in [0.717, 1.165) is 11.1 Å². The third kappa shape index (κ3) is 4.44. The first kappa shape index (κ1) is 16.7. The molecule has 0 aliphatic carbocycles. The molecule has 0 bridgehead atoms. The van der Waals surface area contributed by atoms with Crippen LogP contribution in [0.2, 0.25) is 0 Å². The summed E-state index contributed by atoms with van der Waals surface area (Å²) < 4.78 is 11.2. The molecule has 1 aromatic carbocycles. The Morgan fingerprint density at radius 1 is 1.32 bits per heavy atom. The Labute approximate surface area is 145 Å². The quantitative estimate of drug-likeness (QED) is 0.765. The molecule has 0 saturated carbocycles. The first-order valence-electron chi connectivity index (χ1n) is 7.96. The second-order valence-electron chi connectivity index (χ2n) is 5.74. The number of carbonyl (C=O) groups excluding carboxylic acids is 1. The van der Waals surface area contributed by atoms with E-state index in [9.17, 15) is 4.79 Å². The van der Waals surface area contributed by atoms with Crippen LogP contribution in [0.5, 0.6) is 11.6 Å². The fraction of sp³-hybridized carbons (Fsp3) is 0.211. The van der Waals surface area contributed by atoms with Crippen LogP contribution in [0.15, 0.2) is 47.0 Å². The number of carbonyl (C=O) groups is 1. The Balaban J connectivity index is 1.67. The third-order valence-electron chi connectivity index (χ3n) is 3.46. The molecule has 0 aliphatic rings. The summed E-state index contributed by atoms with van der Waals surface area (Å²) >= 11 is 0. The maximum absolute atomic E-state index is 11.0. The van der Waals surface area contributed by atoms with Crippen molar-refractivity contribution >= 4 is 23.1 Å². The van der Waals surface area contributed by atoms with Crippen LogP contribution in [-0.4, -0.2) is 21.9 Å². The van der Waals surface area contributed by atoms with Gasteiger partial charge in [-0.1, -0.05) is 12.2 Å². The van der Waals surface area contributed by atoms with Crippen molar-refractivity contribution < 1.29 is 13.9 Å². The number of fused-ring (bicyclic) bond motifs is 1. The van der Waals surface area contributed by atoms with Crippen LogP contribution < -0.4 is 10.1 Å². The van der Waals surface area contributed by atoms with Gasteiger partial charge in [-0.3, -0.25) is 4.79 Å². The van der Waals surface area contributed by atoms with E-state index in [1.165, 1.54) is 6.92 Å². The lowest BCUT2D eigenvalue weighted by Crippen LogP contribution is -2.28. The number of benzene rings is 1. The summed E-state index contributed by atoms with van der Waals surface area (Å²) in [5, 5.41) is 2.79. The molecule has 3 aromatic rings. The van der Waals surface area contributed by atoms with Crippen molar-refractivity contribution in [2.75, 3.05) is 0 Å². The minimum atomic E-state index is -0.0575. The van der Waals surface area contributed by atoms with Crippen LogP contribution in [-0.2, 0) is 4.79 Å². The molecule has 0 spiro atoms. The number of aromatic nitrogens is 2. The van der Waals surface area contributed by atoms with E-state index in [-0.39, 0.29) is 11.9 Å².